The average Bonchev–Trinajstić information content (AvgIpc) is 3.23. The number of hydrogen-bond donors (Lipinski definition) is 0. The molecule has 0 aliphatic carbocycles. The predicted molar refractivity (Wildman–Crippen MR) is 97.5 cm³/mol. The number of aldehydes is 1. The monoisotopic (exact) mass is 373 g/mol. The van der Waals surface area contributed by atoms with Gasteiger partial charge in [0, 0.05) is 11.8 Å². The lowest BCUT2D eigenvalue weighted by Crippen LogP contribution is -2.60. The molecule has 0 saturated carbocycles. The van der Waals surface area contributed by atoms with Crippen LogP contribution in [0.1, 0.15) is 39.7 Å². The van der Waals surface area contributed by atoms with Gasteiger partial charge >= 0.3 is 0 Å². The SMILES string of the molecule is CC(C)(C)[C@@H]1OC[C@]2(C=O)N1C(=O)[C@@H]1C[C@H](OCc3ccccc3)O[C@@]12C. The van der Waals surface area contributed by atoms with Crippen molar-refractivity contribution in [2.24, 2.45) is 11.3 Å². The lowest BCUT2D eigenvalue weighted by molar-refractivity contribution is -0.195. The summed E-state index contributed by atoms with van der Waals surface area (Å²) < 4.78 is 18.1. The van der Waals surface area contributed by atoms with Crippen molar-refractivity contribution in [3.8, 4) is 0 Å². The minimum Gasteiger partial charge on any atom is -0.355 e. The highest BCUT2D eigenvalue weighted by atomic mass is 16.7. The van der Waals surface area contributed by atoms with Crippen LogP contribution < -0.4 is 0 Å². The summed E-state index contributed by atoms with van der Waals surface area (Å²) in [5.41, 5.74) is -1.30. The van der Waals surface area contributed by atoms with Gasteiger partial charge in [0.1, 0.15) is 11.8 Å². The number of amides is 1. The highest BCUT2D eigenvalue weighted by Gasteiger charge is 2.75. The van der Waals surface area contributed by atoms with E-state index < -0.39 is 29.6 Å². The van der Waals surface area contributed by atoms with Crippen LogP contribution in [0.3, 0.4) is 0 Å². The number of benzene rings is 1. The number of fused-ring (bicyclic) bond motifs is 3. The molecule has 4 rings (SSSR count). The fraction of sp³-hybridized carbons (Fsp3) is 0.619. The van der Waals surface area contributed by atoms with Crippen molar-refractivity contribution >= 4 is 12.2 Å². The molecule has 27 heavy (non-hydrogen) atoms. The fourth-order valence-corrected chi connectivity index (χ4v) is 4.69. The molecule has 5 atom stereocenters. The number of carbonyl (C=O) groups excluding carboxylic acids is 2. The van der Waals surface area contributed by atoms with E-state index in [1.807, 2.05) is 58.0 Å². The summed E-state index contributed by atoms with van der Waals surface area (Å²) in [5.74, 6) is -0.481. The molecule has 0 aromatic heterocycles. The van der Waals surface area contributed by atoms with Crippen molar-refractivity contribution in [3.05, 3.63) is 35.9 Å². The van der Waals surface area contributed by atoms with E-state index in [0.717, 1.165) is 11.8 Å². The first-order valence-electron chi connectivity index (χ1n) is 9.47. The lowest BCUT2D eigenvalue weighted by Gasteiger charge is -2.40. The Morgan fingerprint density at radius 2 is 2.00 bits per heavy atom. The van der Waals surface area contributed by atoms with Crippen LogP contribution in [-0.4, -0.2) is 47.4 Å². The van der Waals surface area contributed by atoms with Crippen molar-refractivity contribution in [1.82, 2.24) is 4.90 Å². The Morgan fingerprint density at radius 1 is 1.30 bits per heavy atom. The molecule has 1 amide bonds. The summed E-state index contributed by atoms with van der Waals surface area (Å²) >= 11 is 0. The summed E-state index contributed by atoms with van der Waals surface area (Å²) in [4.78, 5) is 27.2. The first-order valence-corrected chi connectivity index (χ1v) is 9.47. The van der Waals surface area contributed by atoms with Crippen LogP contribution in [0.5, 0.6) is 0 Å². The van der Waals surface area contributed by atoms with Gasteiger partial charge in [0.25, 0.3) is 0 Å². The fourth-order valence-electron chi connectivity index (χ4n) is 4.69. The van der Waals surface area contributed by atoms with Crippen LogP contribution in [0, 0.1) is 11.3 Å². The predicted octanol–water partition coefficient (Wildman–Crippen LogP) is 2.51. The number of nitrogens with zero attached hydrogens (tertiary/aromatic N) is 1. The Morgan fingerprint density at radius 3 is 2.63 bits per heavy atom. The summed E-state index contributed by atoms with van der Waals surface area (Å²) in [7, 11) is 0. The van der Waals surface area contributed by atoms with E-state index in [1.54, 1.807) is 4.90 Å². The van der Waals surface area contributed by atoms with Crippen LogP contribution in [-0.2, 0) is 30.4 Å². The van der Waals surface area contributed by atoms with E-state index in [2.05, 4.69) is 0 Å². The minimum atomic E-state index is -1.10. The summed E-state index contributed by atoms with van der Waals surface area (Å²) in [6.45, 7) is 8.44. The number of hydrogen-bond acceptors (Lipinski definition) is 5. The zero-order chi connectivity index (χ0) is 19.4. The smallest absolute Gasteiger partial charge is 0.231 e. The van der Waals surface area contributed by atoms with Crippen molar-refractivity contribution in [1.29, 1.82) is 0 Å². The molecule has 6 nitrogen and oxygen atoms in total. The Hall–Kier alpha value is -1.76. The van der Waals surface area contributed by atoms with Crippen LogP contribution in [0.4, 0.5) is 0 Å². The third-order valence-electron chi connectivity index (χ3n) is 6.20. The molecule has 0 N–H and O–H groups in total. The Balaban J connectivity index is 1.57. The van der Waals surface area contributed by atoms with E-state index in [9.17, 15) is 9.59 Å². The molecular formula is C21H27NO5. The van der Waals surface area contributed by atoms with Crippen LogP contribution >= 0.6 is 0 Å². The second-order valence-corrected chi connectivity index (χ2v) is 9.02. The van der Waals surface area contributed by atoms with Crippen LogP contribution in [0.2, 0.25) is 0 Å². The van der Waals surface area contributed by atoms with Gasteiger partial charge in [-0.2, -0.15) is 0 Å². The molecule has 6 heteroatoms. The second-order valence-electron chi connectivity index (χ2n) is 9.02. The maximum absolute atomic E-state index is 13.3. The first-order chi connectivity index (χ1) is 12.7. The van der Waals surface area contributed by atoms with Crippen molar-refractivity contribution < 1.29 is 23.8 Å². The normalized spacial score (nSPS) is 38.1. The van der Waals surface area contributed by atoms with Gasteiger partial charge in [-0.3, -0.25) is 9.69 Å². The maximum atomic E-state index is 13.3. The number of carbonyl (C=O) groups is 2. The van der Waals surface area contributed by atoms with E-state index >= 15 is 0 Å². The second kappa shape index (κ2) is 6.12. The van der Waals surface area contributed by atoms with Crippen LogP contribution in [0.15, 0.2) is 30.3 Å². The van der Waals surface area contributed by atoms with Crippen molar-refractivity contribution in [2.45, 2.75) is 64.4 Å². The highest BCUT2D eigenvalue weighted by molar-refractivity contribution is 5.92. The standard InChI is InChI=1S/C21H27NO5/c1-19(2,3)18-22-17(24)15-10-16(25-11-14-8-6-5-7-9-14)27-20(15,4)21(22,12-23)13-26-18/h5-9,12,15-16,18H,10-11,13H2,1-4H3/t15-,16+,18-,20-,21-/m0/s1. The quantitative estimate of drug-likeness (QED) is 0.759. The maximum Gasteiger partial charge on any atom is 0.231 e. The molecule has 3 saturated heterocycles. The van der Waals surface area contributed by atoms with Gasteiger partial charge in [0.15, 0.2) is 18.1 Å². The molecule has 0 unspecified atom stereocenters. The van der Waals surface area contributed by atoms with Crippen molar-refractivity contribution in [2.75, 3.05) is 6.61 Å². The molecule has 3 fully saturated rings. The molecule has 0 radical (unpaired) electrons. The molecule has 3 aliphatic rings. The molecule has 3 heterocycles. The summed E-state index contributed by atoms with van der Waals surface area (Å²) in [6.07, 6.45) is 0.336. The van der Waals surface area contributed by atoms with Crippen LogP contribution in [0.25, 0.3) is 0 Å². The van der Waals surface area contributed by atoms with E-state index in [0.29, 0.717) is 13.0 Å². The minimum absolute atomic E-state index is 0.0761. The third kappa shape index (κ3) is 2.57. The first kappa shape index (κ1) is 18.6. The molecule has 0 bridgehead atoms. The lowest BCUT2D eigenvalue weighted by atomic mass is 9.78. The molecule has 146 valence electrons. The van der Waals surface area contributed by atoms with Gasteiger partial charge in [-0.25, -0.2) is 0 Å². The average molecular weight is 373 g/mol. The van der Waals surface area contributed by atoms with Gasteiger partial charge in [-0.05, 0) is 12.5 Å². The topological polar surface area (TPSA) is 65.1 Å². The Kier molecular flexibility index (Phi) is 4.22. The zero-order valence-corrected chi connectivity index (χ0v) is 16.3. The van der Waals surface area contributed by atoms with Gasteiger partial charge in [-0.1, -0.05) is 51.1 Å². The Labute approximate surface area is 159 Å². The van der Waals surface area contributed by atoms with Crippen molar-refractivity contribution in [3.63, 3.8) is 0 Å². The Bertz CT molecular complexity index is 745. The largest absolute Gasteiger partial charge is 0.355 e. The molecule has 0 spiro atoms. The molecule has 1 aromatic rings. The van der Waals surface area contributed by atoms with Gasteiger partial charge < -0.3 is 19.0 Å². The molecular weight excluding hydrogens is 346 g/mol. The highest BCUT2D eigenvalue weighted by Crippen LogP contribution is 2.56. The van der Waals surface area contributed by atoms with E-state index in [4.69, 9.17) is 14.2 Å². The zero-order valence-electron chi connectivity index (χ0n) is 16.3. The summed E-state index contributed by atoms with van der Waals surface area (Å²) in [6, 6.07) is 9.82. The molecule has 3 aliphatic heterocycles. The number of rotatable bonds is 4. The summed E-state index contributed by atoms with van der Waals surface area (Å²) in [5, 5.41) is 0. The molecule has 1 aromatic carbocycles. The van der Waals surface area contributed by atoms with Gasteiger partial charge in [0.2, 0.25) is 5.91 Å². The van der Waals surface area contributed by atoms with Gasteiger partial charge in [0.05, 0.1) is 19.1 Å². The van der Waals surface area contributed by atoms with E-state index in [-0.39, 0.29) is 17.9 Å². The number of ether oxygens (including phenoxy) is 3. The van der Waals surface area contributed by atoms with Gasteiger partial charge in [-0.15, -0.1) is 0 Å². The third-order valence-corrected chi connectivity index (χ3v) is 6.20. The van der Waals surface area contributed by atoms with E-state index in [1.165, 1.54) is 0 Å².